The molecular formula is C9H11ClN2O2. The fraction of sp³-hybridized carbons (Fsp3) is 0.333. The van der Waals surface area contributed by atoms with Crippen LogP contribution in [-0.2, 0) is 0 Å². The molecule has 1 amide bonds. The van der Waals surface area contributed by atoms with Crippen molar-refractivity contribution in [3.63, 3.8) is 0 Å². The van der Waals surface area contributed by atoms with Crippen LogP contribution in [0.2, 0.25) is 5.02 Å². The third-order valence-electron chi connectivity index (χ3n) is 1.73. The number of likely N-dealkylation sites (N-methyl/N-ethyl adjacent to an activating group) is 1. The molecule has 14 heavy (non-hydrogen) atoms. The van der Waals surface area contributed by atoms with Crippen LogP contribution in [0.5, 0.6) is 0 Å². The molecule has 0 saturated carbocycles. The van der Waals surface area contributed by atoms with Crippen molar-refractivity contribution in [3.05, 3.63) is 29.0 Å². The van der Waals surface area contributed by atoms with E-state index in [9.17, 15) is 4.79 Å². The van der Waals surface area contributed by atoms with Crippen LogP contribution in [-0.4, -0.2) is 41.1 Å². The summed E-state index contributed by atoms with van der Waals surface area (Å²) < 4.78 is 0. The Kier molecular flexibility index (Phi) is 3.85. The van der Waals surface area contributed by atoms with Gasteiger partial charge in [-0.25, -0.2) is 0 Å². The van der Waals surface area contributed by atoms with Gasteiger partial charge in [-0.2, -0.15) is 0 Å². The van der Waals surface area contributed by atoms with Gasteiger partial charge in [-0.3, -0.25) is 9.78 Å². The molecular weight excluding hydrogens is 204 g/mol. The Morgan fingerprint density at radius 3 is 2.93 bits per heavy atom. The summed E-state index contributed by atoms with van der Waals surface area (Å²) in [6.45, 7) is 0.238. The van der Waals surface area contributed by atoms with Crippen LogP contribution in [0.4, 0.5) is 0 Å². The summed E-state index contributed by atoms with van der Waals surface area (Å²) in [6.07, 6.45) is 2.91. The van der Waals surface area contributed by atoms with Gasteiger partial charge in [0.2, 0.25) is 0 Å². The lowest BCUT2D eigenvalue weighted by atomic mass is 10.2. The number of carbonyl (C=O) groups is 1. The highest BCUT2D eigenvalue weighted by molar-refractivity contribution is 6.30. The summed E-state index contributed by atoms with van der Waals surface area (Å²) in [7, 11) is 1.61. The highest BCUT2D eigenvalue weighted by Gasteiger charge is 2.11. The first-order valence-electron chi connectivity index (χ1n) is 4.12. The highest BCUT2D eigenvalue weighted by atomic mass is 35.5. The highest BCUT2D eigenvalue weighted by Crippen LogP contribution is 2.09. The molecule has 1 aromatic heterocycles. The van der Waals surface area contributed by atoms with Crippen LogP contribution in [0.15, 0.2) is 18.5 Å². The quantitative estimate of drug-likeness (QED) is 0.810. The topological polar surface area (TPSA) is 53.4 Å². The van der Waals surface area contributed by atoms with Gasteiger partial charge in [-0.05, 0) is 6.07 Å². The van der Waals surface area contributed by atoms with Crippen molar-refractivity contribution < 1.29 is 9.90 Å². The molecule has 0 unspecified atom stereocenters. The number of pyridine rings is 1. The minimum atomic E-state index is -0.200. The van der Waals surface area contributed by atoms with Gasteiger partial charge in [0.25, 0.3) is 5.91 Å². The normalized spacial score (nSPS) is 9.93. The third kappa shape index (κ3) is 2.68. The van der Waals surface area contributed by atoms with E-state index in [0.717, 1.165) is 0 Å². The average molecular weight is 215 g/mol. The fourth-order valence-electron chi connectivity index (χ4n) is 1.00. The predicted molar refractivity (Wildman–Crippen MR) is 53.3 cm³/mol. The fourth-order valence-corrected chi connectivity index (χ4v) is 1.17. The van der Waals surface area contributed by atoms with Crippen molar-refractivity contribution in [2.75, 3.05) is 20.2 Å². The van der Waals surface area contributed by atoms with Crippen molar-refractivity contribution in [2.24, 2.45) is 0 Å². The minimum absolute atomic E-state index is 0.0593. The number of amides is 1. The molecule has 0 atom stereocenters. The summed E-state index contributed by atoms with van der Waals surface area (Å²) in [5.74, 6) is -0.200. The Bertz CT molecular complexity index is 330. The molecule has 0 spiro atoms. The van der Waals surface area contributed by atoms with E-state index in [1.807, 2.05) is 0 Å². The molecule has 1 N–H and O–H groups in total. The standard InChI is InChI=1S/C9H11ClN2O2/c1-12(2-3-13)9(14)7-4-8(10)6-11-5-7/h4-6,13H,2-3H2,1H3. The van der Waals surface area contributed by atoms with Crippen molar-refractivity contribution in [1.82, 2.24) is 9.88 Å². The number of aromatic nitrogens is 1. The van der Waals surface area contributed by atoms with Gasteiger partial charge in [0.1, 0.15) is 0 Å². The molecule has 0 bridgehead atoms. The van der Waals surface area contributed by atoms with E-state index >= 15 is 0 Å². The minimum Gasteiger partial charge on any atom is -0.395 e. The molecule has 0 aliphatic carbocycles. The van der Waals surface area contributed by atoms with Gasteiger partial charge in [-0.1, -0.05) is 11.6 Å². The van der Waals surface area contributed by atoms with E-state index in [4.69, 9.17) is 16.7 Å². The Labute approximate surface area is 87.1 Å². The van der Waals surface area contributed by atoms with E-state index in [1.54, 1.807) is 13.1 Å². The monoisotopic (exact) mass is 214 g/mol. The summed E-state index contributed by atoms with van der Waals surface area (Å²) in [6, 6.07) is 1.55. The van der Waals surface area contributed by atoms with Gasteiger partial charge < -0.3 is 10.0 Å². The molecule has 0 fully saturated rings. The van der Waals surface area contributed by atoms with Gasteiger partial charge in [0.15, 0.2) is 0 Å². The Morgan fingerprint density at radius 2 is 2.36 bits per heavy atom. The van der Waals surface area contributed by atoms with E-state index in [-0.39, 0.29) is 12.5 Å². The number of hydrogen-bond acceptors (Lipinski definition) is 3. The summed E-state index contributed by atoms with van der Waals surface area (Å²) in [4.78, 5) is 16.8. The van der Waals surface area contributed by atoms with Crippen LogP contribution in [0.3, 0.4) is 0 Å². The van der Waals surface area contributed by atoms with Gasteiger partial charge in [-0.15, -0.1) is 0 Å². The van der Waals surface area contributed by atoms with Gasteiger partial charge >= 0.3 is 0 Å². The van der Waals surface area contributed by atoms with E-state index < -0.39 is 0 Å². The van der Waals surface area contributed by atoms with E-state index in [2.05, 4.69) is 4.98 Å². The lowest BCUT2D eigenvalue weighted by Gasteiger charge is -2.15. The number of hydrogen-bond donors (Lipinski definition) is 1. The maximum Gasteiger partial charge on any atom is 0.255 e. The molecule has 0 aromatic carbocycles. The van der Waals surface area contributed by atoms with E-state index in [0.29, 0.717) is 17.1 Å². The lowest BCUT2D eigenvalue weighted by molar-refractivity contribution is 0.0766. The average Bonchev–Trinajstić information content (AvgIpc) is 2.17. The Balaban J connectivity index is 2.78. The first-order chi connectivity index (χ1) is 6.65. The number of nitrogens with zero attached hydrogens (tertiary/aromatic N) is 2. The third-order valence-corrected chi connectivity index (χ3v) is 1.94. The number of halogens is 1. The molecule has 0 radical (unpaired) electrons. The van der Waals surface area contributed by atoms with Crippen molar-refractivity contribution in [1.29, 1.82) is 0 Å². The summed E-state index contributed by atoms with van der Waals surface area (Å²) >= 11 is 5.69. The van der Waals surface area contributed by atoms with Crippen LogP contribution in [0, 0.1) is 0 Å². The lowest BCUT2D eigenvalue weighted by Crippen LogP contribution is -2.29. The van der Waals surface area contributed by atoms with Gasteiger partial charge in [0, 0.05) is 26.0 Å². The number of carbonyl (C=O) groups excluding carboxylic acids is 1. The molecule has 4 nitrogen and oxygen atoms in total. The second-order valence-electron chi connectivity index (χ2n) is 2.84. The smallest absolute Gasteiger partial charge is 0.255 e. The molecule has 0 saturated heterocycles. The molecule has 1 rings (SSSR count). The maximum atomic E-state index is 11.6. The van der Waals surface area contributed by atoms with Gasteiger partial charge in [0.05, 0.1) is 17.2 Å². The van der Waals surface area contributed by atoms with Crippen molar-refractivity contribution >= 4 is 17.5 Å². The van der Waals surface area contributed by atoms with E-state index in [1.165, 1.54) is 17.3 Å². The number of aliphatic hydroxyl groups is 1. The molecule has 76 valence electrons. The molecule has 5 heteroatoms. The second-order valence-corrected chi connectivity index (χ2v) is 3.28. The second kappa shape index (κ2) is 4.93. The van der Waals surface area contributed by atoms with Crippen LogP contribution in [0.25, 0.3) is 0 Å². The Morgan fingerprint density at radius 1 is 1.64 bits per heavy atom. The summed E-state index contributed by atoms with van der Waals surface area (Å²) in [5.41, 5.74) is 0.424. The predicted octanol–water partition coefficient (Wildman–Crippen LogP) is 0.799. The van der Waals surface area contributed by atoms with Crippen LogP contribution in [0.1, 0.15) is 10.4 Å². The first-order valence-corrected chi connectivity index (χ1v) is 4.50. The zero-order valence-electron chi connectivity index (χ0n) is 7.77. The number of rotatable bonds is 3. The SMILES string of the molecule is CN(CCO)C(=O)c1cncc(Cl)c1. The van der Waals surface area contributed by atoms with Crippen LogP contribution >= 0.6 is 11.6 Å². The zero-order chi connectivity index (χ0) is 10.6. The van der Waals surface area contributed by atoms with Crippen molar-refractivity contribution in [3.8, 4) is 0 Å². The Hall–Kier alpha value is -1.13. The van der Waals surface area contributed by atoms with Crippen LogP contribution < -0.4 is 0 Å². The van der Waals surface area contributed by atoms with Crippen molar-refractivity contribution in [2.45, 2.75) is 0 Å². The molecule has 0 aliphatic heterocycles. The first kappa shape index (κ1) is 10.9. The number of aliphatic hydroxyl groups excluding tert-OH is 1. The maximum absolute atomic E-state index is 11.6. The zero-order valence-corrected chi connectivity index (χ0v) is 8.53. The molecule has 1 aromatic rings. The largest absolute Gasteiger partial charge is 0.395 e. The summed E-state index contributed by atoms with van der Waals surface area (Å²) in [5, 5.41) is 9.08. The molecule has 1 heterocycles. The molecule has 0 aliphatic rings.